The van der Waals surface area contributed by atoms with Gasteiger partial charge in [-0.2, -0.15) is 0 Å². The van der Waals surface area contributed by atoms with Crippen molar-refractivity contribution < 1.29 is 14.3 Å². The summed E-state index contributed by atoms with van der Waals surface area (Å²) < 4.78 is 5.37. The first kappa shape index (κ1) is 17.4. The summed E-state index contributed by atoms with van der Waals surface area (Å²) >= 11 is 0. The summed E-state index contributed by atoms with van der Waals surface area (Å²) in [5.74, 6) is 1.21. The first-order valence-corrected chi connectivity index (χ1v) is 7.98. The van der Waals surface area contributed by atoms with E-state index < -0.39 is 5.60 Å². The number of nitrogens with two attached hydrogens (primary N) is 1. The minimum atomic E-state index is -0.482. The Kier molecular flexibility index (Phi) is 4.42. The van der Waals surface area contributed by atoms with Crippen LogP contribution in [0.4, 0.5) is 4.79 Å². The number of carbonyl (C=O) groups excluding carboxylic acids is 2. The number of rotatable bonds is 2. The highest BCUT2D eigenvalue weighted by Crippen LogP contribution is 2.59. The second kappa shape index (κ2) is 5.59. The van der Waals surface area contributed by atoms with Crippen LogP contribution in [0.25, 0.3) is 0 Å². The lowest BCUT2D eigenvalue weighted by molar-refractivity contribution is -0.145. The number of nitrogens with one attached hydrogen (secondary N) is 1. The molecule has 0 aromatic carbocycles. The number of hydrogen-bond donors (Lipinski definition) is 2. The van der Waals surface area contributed by atoms with Gasteiger partial charge < -0.3 is 15.8 Å². The van der Waals surface area contributed by atoms with Crippen LogP contribution in [0.15, 0.2) is 0 Å². The SMILES string of the molecule is CC(C)(C)OC(=O)NC1C2CC3CC1CC(C(N)=O)(C3)C2.Cl. The Morgan fingerprint density at radius 1 is 1.14 bits per heavy atom. The number of alkyl carbamates (subject to hydrolysis) is 1. The molecule has 4 rings (SSSR count). The average molecular weight is 331 g/mol. The van der Waals surface area contributed by atoms with Crippen molar-refractivity contribution in [3.8, 4) is 0 Å². The van der Waals surface area contributed by atoms with E-state index in [9.17, 15) is 9.59 Å². The fourth-order valence-corrected chi connectivity index (χ4v) is 5.01. The highest BCUT2D eigenvalue weighted by atomic mass is 35.5. The molecular weight excluding hydrogens is 304 g/mol. The Morgan fingerprint density at radius 2 is 1.68 bits per heavy atom. The number of ether oxygens (including phenoxy) is 1. The molecule has 2 atom stereocenters. The Balaban J connectivity index is 0.00000176. The van der Waals surface area contributed by atoms with Crippen LogP contribution in [-0.2, 0) is 9.53 Å². The standard InChI is InChI=1S/C16H26N2O3.ClH/c1-15(2,3)21-14(20)18-12-10-4-9-5-11(12)8-16(6-9,7-10)13(17)19;/h9-12H,4-8H2,1-3H3,(H2,17,19)(H,18,20);1H. The number of halogens is 1. The summed E-state index contributed by atoms with van der Waals surface area (Å²) in [5.41, 5.74) is 4.89. The molecule has 4 aliphatic carbocycles. The Labute approximate surface area is 138 Å². The highest BCUT2D eigenvalue weighted by molar-refractivity contribution is 5.85. The number of primary amides is 1. The maximum Gasteiger partial charge on any atom is 0.407 e. The summed E-state index contributed by atoms with van der Waals surface area (Å²) in [6.07, 6.45) is 4.48. The number of carbonyl (C=O) groups is 2. The lowest BCUT2D eigenvalue weighted by Gasteiger charge is -2.58. The van der Waals surface area contributed by atoms with Crippen LogP contribution in [0, 0.1) is 23.2 Å². The van der Waals surface area contributed by atoms with Crippen LogP contribution >= 0.6 is 12.4 Å². The van der Waals surface area contributed by atoms with E-state index >= 15 is 0 Å². The molecule has 3 N–H and O–H groups in total. The van der Waals surface area contributed by atoms with Crippen LogP contribution in [0.5, 0.6) is 0 Å². The number of amides is 2. The first-order chi connectivity index (χ1) is 9.68. The molecular formula is C16H27ClN2O3. The zero-order chi connectivity index (χ0) is 15.4. The van der Waals surface area contributed by atoms with Crippen molar-refractivity contribution in [2.24, 2.45) is 28.9 Å². The van der Waals surface area contributed by atoms with Gasteiger partial charge in [0.1, 0.15) is 5.60 Å². The van der Waals surface area contributed by atoms with E-state index in [1.807, 2.05) is 20.8 Å². The maximum atomic E-state index is 12.0. The molecule has 6 heteroatoms. The topological polar surface area (TPSA) is 81.4 Å². The zero-order valence-electron chi connectivity index (χ0n) is 13.6. The summed E-state index contributed by atoms with van der Waals surface area (Å²) in [5, 5.41) is 3.06. The lowest BCUT2D eigenvalue weighted by Crippen LogP contribution is -2.62. The van der Waals surface area contributed by atoms with Crippen molar-refractivity contribution in [3.63, 3.8) is 0 Å². The van der Waals surface area contributed by atoms with Gasteiger partial charge in [0, 0.05) is 11.5 Å². The molecule has 4 fully saturated rings. The van der Waals surface area contributed by atoms with Crippen molar-refractivity contribution >= 4 is 24.4 Å². The van der Waals surface area contributed by atoms with Gasteiger partial charge in [-0.05, 0) is 70.6 Å². The molecule has 126 valence electrons. The van der Waals surface area contributed by atoms with Crippen LogP contribution in [0.3, 0.4) is 0 Å². The van der Waals surface area contributed by atoms with Gasteiger partial charge in [0.25, 0.3) is 0 Å². The Morgan fingerprint density at radius 3 is 2.14 bits per heavy atom. The highest BCUT2D eigenvalue weighted by Gasteiger charge is 2.58. The summed E-state index contributed by atoms with van der Waals surface area (Å²) in [4.78, 5) is 23.9. The molecule has 0 aromatic rings. The minimum Gasteiger partial charge on any atom is -0.444 e. The number of hydrogen-bond acceptors (Lipinski definition) is 3. The molecule has 2 unspecified atom stereocenters. The van der Waals surface area contributed by atoms with Gasteiger partial charge in [0.15, 0.2) is 0 Å². The Bertz CT molecular complexity index is 459. The molecule has 2 amide bonds. The van der Waals surface area contributed by atoms with Crippen molar-refractivity contribution in [1.82, 2.24) is 5.32 Å². The third-order valence-electron chi connectivity index (χ3n) is 5.48. The van der Waals surface area contributed by atoms with E-state index in [1.165, 1.54) is 0 Å². The van der Waals surface area contributed by atoms with Crippen LogP contribution in [0.1, 0.15) is 52.9 Å². The minimum absolute atomic E-state index is 0. The third-order valence-corrected chi connectivity index (χ3v) is 5.48. The lowest BCUT2D eigenvalue weighted by atomic mass is 9.47. The van der Waals surface area contributed by atoms with E-state index in [0.717, 1.165) is 32.1 Å². The van der Waals surface area contributed by atoms with Crippen molar-refractivity contribution in [1.29, 1.82) is 0 Å². The monoisotopic (exact) mass is 330 g/mol. The van der Waals surface area contributed by atoms with E-state index in [4.69, 9.17) is 10.5 Å². The van der Waals surface area contributed by atoms with E-state index in [0.29, 0.717) is 17.8 Å². The second-order valence-corrected chi connectivity index (χ2v) is 8.29. The molecule has 0 radical (unpaired) electrons. The second-order valence-electron chi connectivity index (χ2n) is 8.29. The smallest absolute Gasteiger partial charge is 0.407 e. The van der Waals surface area contributed by atoms with E-state index in [2.05, 4.69) is 5.32 Å². The summed E-state index contributed by atoms with van der Waals surface area (Å²) in [6.45, 7) is 5.60. The summed E-state index contributed by atoms with van der Waals surface area (Å²) in [7, 11) is 0. The van der Waals surface area contributed by atoms with Gasteiger partial charge in [-0.25, -0.2) is 4.79 Å². The predicted octanol–water partition coefficient (Wildman–Crippen LogP) is 2.61. The maximum absolute atomic E-state index is 12.0. The van der Waals surface area contributed by atoms with Gasteiger partial charge >= 0.3 is 6.09 Å². The van der Waals surface area contributed by atoms with Gasteiger partial charge in [-0.15, -0.1) is 12.4 Å². The predicted molar refractivity (Wildman–Crippen MR) is 85.6 cm³/mol. The first-order valence-electron chi connectivity index (χ1n) is 7.98. The molecule has 5 nitrogen and oxygen atoms in total. The zero-order valence-corrected chi connectivity index (χ0v) is 14.4. The molecule has 0 spiro atoms. The molecule has 4 aliphatic rings. The average Bonchev–Trinajstić information content (AvgIpc) is 2.30. The molecule has 0 saturated heterocycles. The van der Waals surface area contributed by atoms with Gasteiger partial charge in [0.2, 0.25) is 5.91 Å². The molecule has 0 heterocycles. The van der Waals surface area contributed by atoms with Gasteiger partial charge in [0.05, 0.1) is 0 Å². The van der Waals surface area contributed by atoms with Crippen LogP contribution in [-0.4, -0.2) is 23.6 Å². The van der Waals surface area contributed by atoms with Gasteiger partial charge in [-0.3, -0.25) is 4.79 Å². The van der Waals surface area contributed by atoms with E-state index in [1.54, 1.807) is 0 Å². The fraction of sp³-hybridized carbons (Fsp3) is 0.875. The van der Waals surface area contributed by atoms with Crippen LogP contribution < -0.4 is 11.1 Å². The normalized spacial score (nSPS) is 39.0. The molecule has 22 heavy (non-hydrogen) atoms. The van der Waals surface area contributed by atoms with Crippen LogP contribution in [0.2, 0.25) is 0 Å². The molecule has 0 aliphatic heterocycles. The van der Waals surface area contributed by atoms with Gasteiger partial charge in [-0.1, -0.05) is 0 Å². The Hall–Kier alpha value is -0.970. The summed E-state index contributed by atoms with van der Waals surface area (Å²) in [6, 6.07) is 0.142. The van der Waals surface area contributed by atoms with Crippen molar-refractivity contribution in [2.75, 3.05) is 0 Å². The fourth-order valence-electron chi connectivity index (χ4n) is 5.01. The molecule has 4 saturated carbocycles. The van der Waals surface area contributed by atoms with E-state index in [-0.39, 0.29) is 35.9 Å². The van der Waals surface area contributed by atoms with Crippen molar-refractivity contribution in [2.45, 2.75) is 64.5 Å². The largest absolute Gasteiger partial charge is 0.444 e. The van der Waals surface area contributed by atoms with Crippen molar-refractivity contribution in [3.05, 3.63) is 0 Å². The third kappa shape index (κ3) is 3.05. The molecule has 4 bridgehead atoms. The molecule has 0 aromatic heterocycles. The quantitative estimate of drug-likeness (QED) is 0.816.